The van der Waals surface area contributed by atoms with Crippen LogP contribution in [0.4, 0.5) is 0 Å². The van der Waals surface area contributed by atoms with E-state index in [0.717, 1.165) is 0 Å². The summed E-state index contributed by atoms with van der Waals surface area (Å²) in [4.78, 5) is 44.2. The highest BCUT2D eigenvalue weighted by Gasteiger charge is 2.50. The van der Waals surface area contributed by atoms with Gasteiger partial charge in [0.2, 0.25) is 6.29 Å². The highest BCUT2D eigenvalue weighted by molar-refractivity contribution is 9.09. The fourth-order valence-electron chi connectivity index (χ4n) is 2.12. The fourth-order valence-corrected chi connectivity index (χ4v) is 2.76. The molecule has 1 saturated heterocycles. The summed E-state index contributed by atoms with van der Waals surface area (Å²) < 4.78 is 25.8. The summed E-state index contributed by atoms with van der Waals surface area (Å²) in [6, 6.07) is 0. The number of esters is 4. The van der Waals surface area contributed by atoms with Crippen LogP contribution in [0.3, 0.4) is 0 Å². The van der Waals surface area contributed by atoms with Crippen LogP contribution in [0.5, 0.6) is 0 Å². The topological polar surface area (TPSA) is 114 Å². The molecule has 5 atom stereocenters. The van der Waals surface area contributed by atoms with Gasteiger partial charge in [-0.05, 0) is 0 Å². The lowest BCUT2D eigenvalue weighted by Crippen LogP contribution is -2.60. The van der Waals surface area contributed by atoms with Crippen molar-refractivity contribution in [1.29, 1.82) is 0 Å². The van der Waals surface area contributed by atoms with Crippen LogP contribution in [-0.4, -0.2) is 59.9 Å². The minimum absolute atomic E-state index is 0.275. The molecule has 0 radical (unpaired) electrons. The first kappa shape index (κ1) is 20.4. The molecule has 1 aliphatic heterocycles. The number of rotatable bonds is 5. The van der Waals surface area contributed by atoms with Crippen molar-refractivity contribution in [2.24, 2.45) is 0 Å². The van der Waals surface area contributed by atoms with Crippen LogP contribution in [0.1, 0.15) is 27.7 Å². The molecule has 0 amide bonds. The van der Waals surface area contributed by atoms with Crippen LogP contribution in [-0.2, 0) is 42.9 Å². The second-order valence-corrected chi connectivity index (χ2v) is 6.10. The van der Waals surface area contributed by atoms with E-state index in [0.29, 0.717) is 0 Å². The standard InChI is InChI=1S/C14H19BrO9/c1-6(16)20-5-10-12(21-7(2)17)13(22-8(3)18)11(15)14(24-10)23-9(4)19/h10-14H,5H2,1-4H3/t10-,11+,12-,13-,14+/m1/s1. The third-order valence-corrected chi connectivity index (χ3v) is 3.86. The molecule has 0 unspecified atom stereocenters. The molecule has 0 N–H and O–H groups in total. The van der Waals surface area contributed by atoms with Crippen molar-refractivity contribution in [3.8, 4) is 0 Å². The smallest absolute Gasteiger partial charge is 0.304 e. The Labute approximate surface area is 147 Å². The summed E-state index contributed by atoms with van der Waals surface area (Å²) in [5, 5.41) is 0. The summed E-state index contributed by atoms with van der Waals surface area (Å²) in [5.41, 5.74) is 0. The molecular weight excluding hydrogens is 392 g/mol. The second-order valence-electron chi connectivity index (χ2n) is 5.05. The Bertz CT molecular complexity index is 490. The number of carbonyl (C=O) groups is 4. The zero-order chi connectivity index (χ0) is 18.4. The predicted molar refractivity (Wildman–Crippen MR) is 80.9 cm³/mol. The van der Waals surface area contributed by atoms with Gasteiger partial charge in [-0.3, -0.25) is 19.2 Å². The first-order chi connectivity index (χ1) is 11.1. The Balaban J connectivity index is 3.08. The van der Waals surface area contributed by atoms with Crippen molar-refractivity contribution in [2.45, 2.75) is 57.1 Å². The van der Waals surface area contributed by atoms with Crippen LogP contribution >= 0.6 is 15.9 Å². The molecule has 0 aromatic heterocycles. The molecule has 0 saturated carbocycles. The highest BCUT2D eigenvalue weighted by Crippen LogP contribution is 2.32. The van der Waals surface area contributed by atoms with Gasteiger partial charge in [0.05, 0.1) is 0 Å². The van der Waals surface area contributed by atoms with Crippen LogP contribution < -0.4 is 0 Å². The van der Waals surface area contributed by atoms with E-state index < -0.39 is 53.3 Å². The third-order valence-electron chi connectivity index (χ3n) is 2.91. The van der Waals surface area contributed by atoms with Gasteiger partial charge in [-0.1, -0.05) is 15.9 Å². The van der Waals surface area contributed by atoms with Gasteiger partial charge in [-0.2, -0.15) is 0 Å². The monoisotopic (exact) mass is 410 g/mol. The van der Waals surface area contributed by atoms with Crippen molar-refractivity contribution in [3.63, 3.8) is 0 Å². The molecule has 0 spiro atoms. The molecule has 1 fully saturated rings. The van der Waals surface area contributed by atoms with Crippen LogP contribution in [0, 0.1) is 0 Å². The average molecular weight is 411 g/mol. The number of ether oxygens (including phenoxy) is 5. The lowest BCUT2D eigenvalue weighted by atomic mass is 10.0. The average Bonchev–Trinajstić information content (AvgIpc) is 2.42. The summed E-state index contributed by atoms with van der Waals surface area (Å²) >= 11 is 3.24. The van der Waals surface area contributed by atoms with Gasteiger partial charge in [0.1, 0.15) is 17.5 Å². The second kappa shape index (κ2) is 8.97. The van der Waals surface area contributed by atoms with E-state index in [1.165, 1.54) is 27.7 Å². The van der Waals surface area contributed by atoms with Gasteiger partial charge in [0.15, 0.2) is 12.2 Å². The Morgan fingerprint density at radius 2 is 1.33 bits per heavy atom. The Kier molecular flexibility index (Phi) is 7.61. The molecule has 136 valence electrons. The maximum Gasteiger partial charge on any atom is 0.304 e. The maximum absolute atomic E-state index is 11.4. The lowest BCUT2D eigenvalue weighted by Gasteiger charge is -2.42. The zero-order valence-electron chi connectivity index (χ0n) is 13.6. The number of halogens is 1. The van der Waals surface area contributed by atoms with E-state index in [1.807, 2.05) is 0 Å². The van der Waals surface area contributed by atoms with Gasteiger partial charge in [0, 0.05) is 27.7 Å². The van der Waals surface area contributed by atoms with Crippen molar-refractivity contribution in [3.05, 3.63) is 0 Å². The van der Waals surface area contributed by atoms with Gasteiger partial charge >= 0.3 is 23.9 Å². The molecule has 24 heavy (non-hydrogen) atoms. The first-order valence-corrected chi connectivity index (χ1v) is 7.98. The number of carbonyl (C=O) groups excluding carboxylic acids is 4. The summed E-state index contributed by atoms with van der Waals surface area (Å²) in [5.74, 6) is -2.46. The Morgan fingerprint density at radius 3 is 1.79 bits per heavy atom. The minimum atomic E-state index is -1.13. The predicted octanol–water partition coefficient (Wildman–Crippen LogP) is 0.464. The fraction of sp³-hybridized carbons (Fsp3) is 0.714. The molecule has 0 aliphatic carbocycles. The van der Waals surface area contributed by atoms with Crippen LogP contribution in [0.2, 0.25) is 0 Å². The van der Waals surface area contributed by atoms with Crippen LogP contribution in [0.25, 0.3) is 0 Å². The quantitative estimate of drug-likeness (QED) is 0.362. The van der Waals surface area contributed by atoms with E-state index in [1.54, 1.807) is 0 Å². The van der Waals surface area contributed by atoms with E-state index in [2.05, 4.69) is 15.9 Å². The van der Waals surface area contributed by atoms with Crippen molar-refractivity contribution >= 4 is 39.8 Å². The molecule has 0 aromatic rings. The lowest BCUT2D eigenvalue weighted by molar-refractivity contribution is -0.255. The molecule has 10 heteroatoms. The molecule has 1 aliphatic rings. The molecule has 1 rings (SSSR count). The summed E-state index contributed by atoms with van der Waals surface area (Å²) in [6.07, 6.45) is -4.17. The Morgan fingerprint density at radius 1 is 0.833 bits per heavy atom. The van der Waals surface area contributed by atoms with E-state index >= 15 is 0 Å². The van der Waals surface area contributed by atoms with E-state index in [9.17, 15) is 19.2 Å². The van der Waals surface area contributed by atoms with Gasteiger partial charge in [0.25, 0.3) is 0 Å². The molecule has 9 nitrogen and oxygen atoms in total. The van der Waals surface area contributed by atoms with Crippen molar-refractivity contribution in [2.75, 3.05) is 6.61 Å². The summed E-state index contributed by atoms with van der Waals surface area (Å²) in [7, 11) is 0. The van der Waals surface area contributed by atoms with Gasteiger partial charge < -0.3 is 23.7 Å². The summed E-state index contributed by atoms with van der Waals surface area (Å²) in [6.45, 7) is 4.47. The van der Waals surface area contributed by atoms with Crippen molar-refractivity contribution < 1.29 is 42.9 Å². The number of hydrogen-bond acceptors (Lipinski definition) is 9. The molecular formula is C14H19BrO9. The third kappa shape index (κ3) is 6.08. The normalized spacial score (nSPS) is 29.3. The number of alkyl halides is 1. The minimum Gasteiger partial charge on any atom is -0.463 e. The SMILES string of the molecule is CC(=O)OC[C@H]1O[C@H](OC(C)=O)[C@@H](Br)[C@@H](OC(C)=O)[C@@H]1OC(C)=O. The number of hydrogen-bond donors (Lipinski definition) is 0. The van der Waals surface area contributed by atoms with E-state index in [4.69, 9.17) is 23.7 Å². The molecule has 0 aromatic carbocycles. The van der Waals surface area contributed by atoms with Crippen LogP contribution in [0.15, 0.2) is 0 Å². The maximum atomic E-state index is 11.4. The van der Waals surface area contributed by atoms with Gasteiger partial charge in [-0.25, -0.2) is 0 Å². The Hall–Kier alpha value is -1.68. The van der Waals surface area contributed by atoms with E-state index in [-0.39, 0.29) is 6.61 Å². The molecule has 0 bridgehead atoms. The van der Waals surface area contributed by atoms with Crippen molar-refractivity contribution in [1.82, 2.24) is 0 Å². The van der Waals surface area contributed by atoms with Gasteiger partial charge in [-0.15, -0.1) is 0 Å². The molecule has 1 heterocycles. The highest BCUT2D eigenvalue weighted by atomic mass is 79.9. The first-order valence-electron chi connectivity index (χ1n) is 7.06. The zero-order valence-corrected chi connectivity index (χ0v) is 15.2. The largest absolute Gasteiger partial charge is 0.463 e.